The van der Waals surface area contributed by atoms with Crippen molar-refractivity contribution >= 4 is 39.8 Å². The van der Waals surface area contributed by atoms with Crippen molar-refractivity contribution in [2.45, 2.75) is 39.7 Å². The molecule has 0 saturated carbocycles. The van der Waals surface area contributed by atoms with Gasteiger partial charge in [0.15, 0.2) is 0 Å². The lowest BCUT2D eigenvalue weighted by Gasteiger charge is -2.20. The van der Waals surface area contributed by atoms with Crippen molar-refractivity contribution in [2.24, 2.45) is 5.92 Å². The molecular weight excluding hydrogens is 430 g/mol. The highest BCUT2D eigenvalue weighted by Crippen LogP contribution is 2.37. The van der Waals surface area contributed by atoms with Crippen LogP contribution in [-0.4, -0.2) is 17.5 Å². The zero-order valence-electron chi connectivity index (χ0n) is 18.1. The summed E-state index contributed by atoms with van der Waals surface area (Å²) in [5.41, 5.74) is 2.34. The predicted molar refractivity (Wildman–Crippen MR) is 128 cm³/mol. The van der Waals surface area contributed by atoms with Gasteiger partial charge in [-0.1, -0.05) is 61.0 Å². The van der Waals surface area contributed by atoms with Crippen molar-refractivity contribution in [2.75, 3.05) is 5.32 Å². The fourth-order valence-electron chi connectivity index (χ4n) is 3.12. The zero-order valence-corrected chi connectivity index (χ0v) is 19.6. The van der Waals surface area contributed by atoms with Gasteiger partial charge in [0.25, 0.3) is 0 Å². The average molecular weight is 456 g/mol. The topological polar surface area (TPSA) is 55.4 Å². The molecule has 1 amide bonds. The number of thiophene rings is 1. The van der Waals surface area contributed by atoms with Crippen molar-refractivity contribution in [1.29, 1.82) is 0 Å². The Balaban J connectivity index is 1.89. The number of rotatable bonds is 6. The number of anilines is 1. The molecule has 1 aromatic heterocycles. The van der Waals surface area contributed by atoms with Crippen LogP contribution in [0.4, 0.5) is 5.00 Å². The van der Waals surface area contributed by atoms with Crippen LogP contribution in [0, 0.1) is 5.92 Å². The van der Waals surface area contributed by atoms with Crippen LogP contribution in [0.15, 0.2) is 60.0 Å². The van der Waals surface area contributed by atoms with E-state index in [4.69, 9.17) is 16.3 Å². The summed E-state index contributed by atoms with van der Waals surface area (Å²) in [5, 5.41) is 5.91. The number of halogens is 1. The van der Waals surface area contributed by atoms with Gasteiger partial charge in [0.05, 0.1) is 0 Å². The fourth-order valence-corrected chi connectivity index (χ4v) is 4.21. The van der Waals surface area contributed by atoms with Gasteiger partial charge in [-0.2, -0.15) is 0 Å². The number of hydrogen-bond acceptors (Lipinski definition) is 4. The van der Waals surface area contributed by atoms with Crippen LogP contribution in [0.2, 0.25) is 5.02 Å². The summed E-state index contributed by atoms with van der Waals surface area (Å²) in [7, 11) is 0. The van der Waals surface area contributed by atoms with E-state index in [9.17, 15) is 9.59 Å². The Morgan fingerprint density at radius 1 is 1.06 bits per heavy atom. The Hall–Kier alpha value is -2.63. The van der Waals surface area contributed by atoms with Gasteiger partial charge in [-0.15, -0.1) is 11.3 Å². The number of amides is 1. The molecule has 0 aliphatic heterocycles. The quantitative estimate of drug-likeness (QED) is 0.414. The van der Waals surface area contributed by atoms with Gasteiger partial charge in [0.1, 0.15) is 16.2 Å². The van der Waals surface area contributed by atoms with Crippen LogP contribution in [-0.2, 0) is 16.0 Å². The first-order valence-corrected chi connectivity index (χ1v) is 11.4. The largest absolute Gasteiger partial charge is 0.456 e. The van der Waals surface area contributed by atoms with Crippen molar-refractivity contribution in [3.05, 3.63) is 76.1 Å². The van der Waals surface area contributed by atoms with Gasteiger partial charge >= 0.3 is 5.97 Å². The summed E-state index contributed by atoms with van der Waals surface area (Å²) in [4.78, 5) is 25.9. The van der Waals surface area contributed by atoms with E-state index < -0.39 is 11.6 Å². The lowest BCUT2D eigenvalue weighted by Crippen LogP contribution is -2.26. The minimum atomic E-state index is -0.655. The molecule has 31 heavy (non-hydrogen) atoms. The highest BCUT2D eigenvalue weighted by atomic mass is 35.5. The lowest BCUT2D eigenvalue weighted by molar-refractivity contribution is -0.119. The second-order valence-corrected chi connectivity index (χ2v) is 9.76. The highest BCUT2D eigenvalue weighted by molar-refractivity contribution is 7.15. The molecule has 2 aromatic carbocycles. The summed E-state index contributed by atoms with van der Waals surface area (Å²) in [6, 6.07) is 17.1. The van der Waals surface area contributed by atoms with Gasteiger partial charge in [-0.25, -0.2) is 4.79 Å². The van der Waals surface area contributed by atoms with Gasteiger partial charge in [0.2, 0.25) is 5.91 Å². The van der Waals surface area contributed by atoms with Crippen molar-refractivity contribution in [1.82, 2.24) is 0 Å². The van der Waals surface area contributed by atoms with E-state index >= 15 is 0 Å². The lowest BCUT2D eigenvalue weighted by atomic mass is 10.00. The number of ether oxygens (including phenoxy) is 1. The molecule has 0 aliphatic rings. The monoisotopic (exact) mass is 455 g/mol. The molecule has 1 N–H and O–H groups in total. The third-order valence-electron chi connectivity index (χ3n) is 4.62. The van der Waals surface area contributed by atoms with E-state index in [-0.39, 0.29) is 11.8 Å². The summed E-state index contributed by atoms with van der Waals surface area (Å²) >= 11 is 7.33. The molecule has 1 unspecified atom stereocenters. The highest BCUT2D eigenvalue weighted by Gasteiger charge is 2.27. The Kier molecular flexibility index (Phi) is 7.19. The summed E-state index contributed by atoms with van der Waals surface area (Å²) < 4.78 is 5.64. The third-order valence-corrected chi connectivity index (χ3v) is 5.77. The number of carbonyl (C=O) groups is 2. The minimum absolute atomic E-state index is 0.141. The summed E-state index contributed by atoms with van der Waals surface area (Å²) in [6.07, 6.45) is 0.615. The van der Waals surface area contributed by atoms with Crippen molar-refractivity contribution in [3.8, 4) is 11.1 Å². The van der Waals surface area contributed by atoms with Gasteiger partial charge in [-0.3, -0.25) is 4.79 Å². The van der Waals surface area contributed by atoms with Crippen LogP contribution in [0.1, 0.15) is 43.6 Å². The fraction of sp³-hybridized carbons (Fsp3) is 0.280. The summed E-state index contributed by atoms with van der Waals surface area (Å²) in [6.45, 7) is 7.33. The number of hydrogen-bond donors (Lipinski definition) is 1. The number of esters is 1. The van der Waals surface area contributed by atoms with E-state index in [1.165, 1.54) is 11.3 Å². The molecule has 1 atom stereocenters. The Labute approximate surface area is 192 Å². The van der Waals surface area contributed by atoms with Gasteiger partial charge < -0.3 is 10.1 Å². The van der Waals surface area contributed by atoms with Crippen molar-refractivity contribution < 1.29 is 14.3 Å². The number of benzene rings is 2. The minimum Gasteiger partial charge on any atom is -0.456 e. The molecule has 162 valence electrons. The smallest absolute Gasteiger partial charge is 0.342 e. The second-order valence-electron chi connectivity index (χ2n) is 8.44. The van der Waals surface area contributed by atoms with Crippen molar-refractivity contribution in [3.63, 3.8) is 0 Å². The molecule has 0 fully saturated rings. The maximum absolute atomic E-state index is 13.1. The maximum atomic E-state index is 13.1. The maximum Gasteiger partial charge on any atom is 0.342 e. The average Bonchev–Trinajstić information content (AvgIpc) is 3.11. The first-order chi connectivity index (χ1) is 14.6. The Morgan fingerprint density at radius 3 is 2.32 bits per heavy atom. The molecule has 0 radical (unpaired) electrons. The molecule has 0 saturated heterocycles. The third kappa shape index (κ3) is 6.18. The van der Waals surface area contributed by atoms with E-state index in [0.29, 0.717) is 27.6 Å². The van der Waals surface area contributed by atoms with Crippen LogP contribution >= 0.6 is 22.9 Å². The van der Waals surface area contributed by atoms with Gasteiger partial charge in [0, 0.05) is 21.9 Å². The Morgan fingerprint density at radius 2 is 1.71 bits per heavy atom. The summed E-state index contributed by atoms with van der Waals surface area (Å²) in [5.74, 6) is -0.863. The molecular formula is C25H26ClNO3S. The molecule has 0 bridgehead atoms. The number of nitrogens with one attached hydrogen (secondary N) is 1. The standard InChI is InChI=1S/C25H26ClNO3S/c1-16(14-17-8-6-5-7-9-17)22(28)27-23-21(24(29)30-25(2,3)4)20(15-31-23)18-10-12-19(26)13-11-18/h5-13,15-16H,14H2,1-4H3,(H,27,28). The SMILES string of the molecule is CC(Cc1ccccc1)C(=O)Nc1scc(-c2ccc(Cl)cc2)c1C(=O)OC(C)(C)C. The van der Waals surface area contributed by atoms with Crippen LogP contribution < -0.4 is 5.32 Å². The van der Waals surface area contributed by atoms with Crippen LogP contribution in [0.3, 0.4) is 0 Å². The van der Waals surface area contributed by atoms with Crippen LogP contribution in [0.25, 0.3) is 11.1 Å². The van der Waals surface area contributed by atoms with E-state index in [1.807, 2.05) is 75.5 Å². The first kappa shape index (κ1) is 23.0. The zero-order chi connectivity index (χ0) is 22.6. The predicted octanol–water partition coefficient (Wildman–Crippen LogP) is 6.84. The van der Waals surface area contributed by atoms with Crippen LogP contribution in [0.5, 0.6) is 0 Å². The normalized spacial score (nSPS) is 12.3. The first-order valence-electron chi connectivity index (χ1n) is 10.1. The molecule has 0 spiro atoms. The molecule has 3 aromatic rings. The molecule has 1 heterocycles. The van der Waals surface area contributed by atoms with E-state index in [0.717, 1.165) is 11.1 Å². The molecule has 4 nitrogen and oxygen atoms in total. The Bertz CT molecular complexity index is 1050. The second kappa shape index (κ2) is 9.67. The number of carbonyl (C=O) groups excluding carboxylic acids is 2. The molecule has 3 rings (SSSR count). The van der Waals surface area contributed by atoms with E-state index in [2.05, 4.69) is 5.32 Å². The molecule has 6 heteroatoms. The van der Waals surface area contributed by atoms with E-state index in [1.54, 1.807) is 12.1 Å². The van der Waals surface area contributed by atoms with Gasteiger partial charge in [-0.05, 0) is 50.5 Å². The molecule has 0 aliphatic carbocycles.